The summed E-state index contributed by atoms with van der Waals surface area (Å²) < 4.78 is 21.8. The fraction of sp³-hybridized carbons (Fsp3) is 0.650. The Labute approximate surface area is 193 Å². The number of carbonyl (C=O) groups is 1. The molecule has 0 bridgehead atoms. The molecule has 2 aliphatic heterocycles. The fourth-order valence-corrected chi connectivity index (χ4v) is 3.71. The Balaban J connectivity index is 1.70. The third-order valence-corrected chi connectivity index (χ3v) is 5.52. The molecule has 34 heavy (non-hydrogen) atoms. The van der Waals surface area contributed by atoms with Gasteiger partial charge in [0.05, 0.1) is 12.7 Å². The van der Waals surface area contributed by atoms with Crippen LogP contribution in [0.25, 0.3) is 10.4 Å². The Morgan fingerprint density at radius 1 is 1.09 bits per heavy atom. The summed E-state index contributed by atoms with van der Waals surface area (Å²) in [5.41, 5.74) is 9.21. The van der Waals surface area contributed by atoms with E-state index in [9.17, 15) is 35.4 Å². The Hall–Kier alpha value is -2.52. The summed E-state index contributed by atoms with van der Waals surface area (Å²) in [7, 11) is 0. The predicted octanol–water partition coefficient (Wildman–Crippen LogP) is -1.34. The van der Waals surface area contributed by atoms with Gasteiger partial charge in [0.2, 0.25) is 6.29 Å². The van der Waals surface area contributed by atoms with E-state index in [1.165, 1.54) is 0 Å². The first kappa shape index (κ1) is 26.1. The second kappa shape index (κ2) is 11.8. The van der Waals surface area contributed by atoms with Crippen LogP contribution in [-0.4, -0.2) is 105 Å². The third kappa shape index (κ3) is 6.13. The number of aliphatic hydroxyl groups is 5. The van der Waals surface area contributed by atoms with Crippen LogP contribution in [0.2, 0.25) is 0 Å². The van der Waals surface area contributed by atoms with E-state index in [0.29, 0.717) is 6.42 Å². The molecule has 0 saturated carbocycles. The number of carboxylic acid groups (broad SMARTS) is 1. The van der Waals surface area contributed by atoms with E-state index >= 15 is 0 Å². The highest BCUT2D eigenvalue weighted by Crippen LogP contribution is 2.30. The van der Waals surface area contributed by atoms with Gasteiger partial charge in [-0.1, -0.05) is 17.2 Å². The minimum absolute atomic E-state index is 0.283. The van der Waals surface area contributed by atoms with Crippen LogP contribution in [0.15, 0.2) is 29.4 Å². The predicted molar refractivity (Wildman–Crippen MR) is 110 cm³/mol. The lowest BCUT2D eigenvalue weighted by Crippen LogP contribution is -2.63. The first-order valence-electron chi connectivity index (χ1n) is 10.5. The van der Waals surface area contributed by atoms with Crippen molar-refractivity contribution >= 4 is 5.97 Å². The quantitative estimate of drug-likeness (QED) is 0.136. The van der Waals surface area contributed by atoms with E-state index in [4.69, 9.17) is 24.5 Å². The van der Waals surface area contributed by atoms with E-state index in [1.807, 2.05) is 0 Å². The first-order valence-corrected chi connectivity index (χ1v) is 10.5. The van der Waals surface area contributed by atoms with Gasteiger partial charge < -0.3 is 49.6 Å². The largest absolute Gasteiger partial charge is 0.479 e. The van der Waals surface area contributed by atoms with Gasteiger partial charge in [0.25, 0.3) is 0 Å². The van der Waals surface area contributed by atoms with Gasteiger partial charge in [0.1, 0.15) is 36.3 Å². The molecule has 0 radical (unpaired) electrons. The molecule has 4 unspecified atom stereocenters. The average Bonchev–Trinajstić information content (AvgIpc) is 2.80. The van der Waals surface area contributed by atoms with Gasteiger partial charge in [-0.05, 0) is 29.6 Å². The first-order chi connectivity index (χ1) is 16.2. The van der Waals surface area contributed by atoms with E-state index in [1.54, 1.807) is 24.3 Å². The number of nitrogens with zero attached hydrogens (tertiary/aromatic N) is 3. The maximum atomic E-state index is 11.3. The molecule has 3 rings (SSSR count). The minimum Gasteiger partial charge on any atom is -0.479 e. The molecule has 0 aliphatic carbocycles. The van der Waals surface area contributed by atoms with E-state index < -0.39 is 67.9 Å². The molecule has 1 aromatic rings. The summed E-state index contributed by atoms with van der Waals surface area (Å²) in [4.78, 5) is 14.0. The van der Waals surface area contributed by atoms with Crippen LogP contribution in [0.5, 0.6) is 5.75 Å². The maximum absolute atomic E-state index is 11.3. The molecule has 2 aliphatic rings. The zero-order valence-corrected chi connectivity index (χ0v) is 17.9. The molecule has 1 aromatic carbocycles. The SMILES string of the molecule is [N-]=[N+]=NCCc1ccc(O[C@@H]2OC(CO)[C@H](O)[C@H](O[C@@H]3OC(C(=O)O)[C@@H](O)CC3O)C2O)cc1. The summed E-state index contributed by atoms with van der Waals surface area (Å²) >= 11 is 0. The van der Waals surface area contributed by atoms with Gasteiger partial charge in [-0.2, -0.15) is 0 Å². The van der Waals surface area contributed by atoms with Crippen LogP contribution >= 0.6 is 0 Å². The van der Waals surface area contributed by atoms with Gasteiger partial charge in [-0.3, -0.25) is 0 Å². The van der Waals surface area contributed by atoms with Crippen molar-refractivity contribution in [2.24, 2.45) is 5.11 Å². The Kier molecular flexibility index (Phi) is 9.02. The fourth-order valence-electron chi connectivity index (χ4n) is 3.71. The zero-order valence-electron chi connectivity index (χ0n) is 17.9. The number of hydrogen-bond donors (Lipinski definition) is 6. The number of aliphatic carboxylic acids is 1. The van der Waals surface area contributed by atoms with Crippen LogP contribution in [0.3, 0.4) is 0 Å². The Morgan fingerprint density at radius 3 is 2.41 bits per heavy atom. The highest BCUT2D eigenvalue weighted by molar-refractivity contribution is 5.73. The number of rotatable bonds is 9. The number of ether oxygens (including phenoxy) is 4. The van der Waals surface area contributed by atoms with Gasteiger partial charge in [-0.25, -0.2) is 4.79 Å². The second-order valence-electron chi connectivity index (χ2n) is 7.91. The molecule has 0 aromatic heterocycles. The maximum Gasteiger partial charge on any atom is 0.335 e. The van der Waals surface area contributed by atoms with Gasteiger partial charge >= 0.3 is 5.97 Å². The van der Waals surface area contributed by atoms with Crippen molar-refractivity contribution in [2.45, 2.75) is 68.1 Å². The van der Waals surface area contributed by atoms with Gasteiger partial charge in [-0.15, -0.1) is 0 Å². The monoisotopic (exact) mass is 485 g/mol. The lowest BCUT2D eigenvalue weighted by Gasteiger charge is -2.44. The molecule has 14 heteroatoms. The van der Waals surface area contributed by atoms with Crippen molar-refractivity contribution in [1.29, 1.82) is 0 Å². The van der Waals surface area contributed by atoms with Crippen LogP contribution in [0, 0.1) is 0 Å². The number of aliphatic hydroxyl groups excluding tert-OH is 5. The Morgan fingerprint density at radius 2 is 1.79 bits per heavy atom. The molecule has 14 nitrogen and oxygen atoms in total. The summed E-state index contributed by atoms with van der Waals surface area (Å²) in [6.07, 6.45) is -13.4. The van der Waals surface area contributed by atoms with Crippen LogP contribution in [0.1, 0.15) is 12.0 Å². The molecule has 188 valence electrons. The van der Waals surface area contributed by atoms with E-state index in [0.717, 1.165) is 5.56 Å². The molecule has 0 spiro atoms. The highest BCUT2D eigenvalue weighted by Gasteiger charge is 2.50. The van der Waals surface area contributed by atoms with Crippen LogP contribution in [0.4, 0.5) is 0 Å². The summed E-state index contributed by atoms with van der Waals surface area (Å²) in [5.74, 6) is -1.19. The standard InChI is InChI=1S/C20H27N3O11/c21-23-22-6-5-9-1-3-10(4-2-9)31-20-15(28)17(14(27)13(8-24)32-20)34-19-12(26)7-11(25)16(33-19)18(29)30/h1-4,11-17,19-20,24-28H,5-8H2,(H,29,30)/t11-,12?,13?,14-,15?,16?,17-,19-,20+/m0/s1. The van der Waals surface area contributed by atoms with Crippen LogP contribution < -0.4 is 4.74 Å². The number of azide groups is 1. The number of benzene rings is 1. The molecule has 9 atom stereocenters. The molecular formula is C20H27N3O11. The molecule has 2 heterocycles. The molecule has 0 amide bonds. The summed E-state index contributed by atoms with van der Waals surface area (Å²) in [6, 6.07) is 6.60. The van der Waals surface area contributed by atoms with E-state index in [-0.39, 0.29) is 18.7 Å². The van der Waals surface area contributed by atoms with Crippen molar-refractivity contribution in [3.8, 4) is 5.75 Å². The lowest BCUT2D eigenvalue weighted by atomic mass is 9.98. The summed E-state index contributed by atoms with van der Waals surface area (Å²) in [5, 5.41) is 63.4. The third-order valence-electron chi connectivity index (χ3n) is 5.52. The lowest BCUT2D eigenvalue weighted by molar-refractivity contribution is -0.337. The number of carboxylic acids is 1. The van der Waals surface area contributed by atoms with Crippen molar-refractivity contribution in [1.82, 2.24) is 0 Å². The van der Waals surface area contributed by atoms with E-state index in [2.05, 4.69) is 10.0 Å². The molecule has 2 saturated heterocycles. The smallest absolute Gasteiger partial charge is 0.335 e. The minimum atomic E-state index is -1.68. The van der Waals surface area contributed by atoms with Gasteiger partial charge in [0.15, 0.2) is 12.4 Å². The van der Waals surface area contributed by atoms with Gasteiger partial charge in [0, 0.05) is 17.9 Å². The number of hydrogen-bond acceptors (Lipinski definition) is 11. The van der Waals surface area contributed by atoms with Crippen molar-refractivity contribution in [3.63, 3.8) is 0 Å². The Bertz CT molecular complexity index is 866. The summed E-state index contributed by atoms with van der Waals surface area (Å²) in [6.45, 7) is -0.373. The normalized spacial score (nSPS) is 35.9. The highest BCUT2D eigenvalue weighted by atomic mass is 16.7. The van der Waals surface area contributed by atoms with Crippen LogP contribution in [-0.2, 0) is 25.4 Å². The molecular weight excluding hydrogens is 458 g/mol. The average molecular weight is 485 g/mol. The van der Waals surface area contributed by atoms with Crippen molar-refractivity contribution in [3.05, 3.63) is 40.3 Å². The molecule has 2 fully saturated rings. The zero-order chi connectivity index (χ0) is 24.8. The second-order valence-corrected chi connectivity index (χ2v) is 7.91. The van der Waals surface area contributed by atoms with Crippen molar-refractivity contribution in [2.75, 3.05) is 13.2 Å². The van der Waals surface area contributed by atoms with Crippen molar-refractivity contribution < 1.29 is 54.4 Å². The topological polar surface area (TPSA) is 224 Å². The molecule has 6 N–H and O–H groups in total.